The monoisotopic (exact) mass is 265 g/mol. The molecule has 1 saturated heterocycles. The second-order valence-corrected chi connectivity index (χ2v) is 5.27. The first-order valence-corrected chi connectivity index (χ1v) is 7.15. The fourth-order valence-corrected chi connectivity index (χ4v) is 2.76. The molecular formula is C15H20FNO2. The number of halogens is 1. The molecule has 1 unspecified atom stereocenters. The van der Waals surface area contributed by atoms with Gasteiger partial charge in [0.25, 0.3) is 0 Å². The van der Waals surface area contributed by atoms with E-state index in [9.17, 15) is 4.39 Å². The molecule has 3 rings (SSSR count). The number of ether oxygens (including phenoxy) is 2. The largest absolute Gasteiger partial charge is 0.489 e. The summed E-state index contributed by atoms with van der Waals surface area (Å²) in [5, 5.41) is 3.45. The van der Waals surface area contributed by atoms with E-state index < -0.39 is 0 Å². The Bertz CT molecular complexity index is 444. The molecule has 1 atom stereocenters. The predicted octanol–water partition coefficient (Wildman–Crippen LogP) is 2.67. The molecule has 1 N–H and O–H groups in total. The molecule has 2 aliphatic heterocycles. The van der Waals surface area contributed by atoms with Gasteiger partial charge < -0.3 is 14.8 Å². The zero-order chi connectivity index (χ0) is 13.1. The SMILES string of the molecule is Fc1c(CC2CCCCN2)ccc2c1OCCCO2. The van der Waals surface area contributed by atoms with Crippen LogP contribution in [0.25, 0.3) is 0 Å². The Balaban J connectivity index is 1.80. The summed E-state index contributed by atoms with van der Waals surface area (Å²) in [4.78, 5) is 0. The highest BCUT2D eigenvalue weighted by atomic mass is 19.1. The van der Waals surface area contributed by atoms with E-state index in [1.165, 1.54) is 12.8 Å². The summed E-state index contributed by atoms with van der Waals surface area (Å²) in [6.07, 6.45) is 5.09. The van der Waals surface area contributed by atoms with Gasteiger partial charge in [-0.1, -0.05) is 12.5 Å². The smallest absolute Gasteiger partial charge is 0.197 e. The maximum atomic E-state index is 14.5. The number of piperidine rings is 1. The molecule has 19 heavy (non-hydrogen) atoms. The molecule has 0 aromatic heterocycles. The summed E-state index contributed by atoms with van der Waals surface area (Å²) in [7, 11) is 0. The highest BCUT2D eigenvalue weighted by molar-refractivity contribution is 5.45. The van der Waals surface area contributed by atoms with Crippen LogP contribution in [0, 0.1) is 5.82 Å². The van der Waals surface area contributed by atoms with Crippen molar-refractivity contribution in [3.63, 3.8) is 0 Å². The van der Waals surface area contributed by atoms with Gasteiger partial charge in [-0.2, -0.15) is 0 Å². The normalized spacial score (nSPS) is 22.9. The molecule has 1 aromatic rings. The molecule has 2 heterocycles. The van der Waals surface area contributed by atoms with Crippen LogP contribution in [0.1, 0.15) is 31.2 Å². The first kappa shape index (κ1) is 12.7. The van der Waals surface area contributed by atoms with E-state index in [2.05, 4.69) is 5.32 Å². The Kier molecular flexibility index (Phi) is 3.87. The van der Waals surface area contributed by atoms with Crippen molar-refractivity contribution in [1.82, 2.24) is 5.32 Å². The first-order valence-electron chi connectivity index (χ1n) is 7.15. The maximum Gasteiger partial charge on any atom is 0.197 e. The third-order valence-electron chi connectivity index (χ3n) is 3.81. The zero-order valence-corrected chi connectivity index (χ0v) is 11.1. The number of rotatable bonds is 2. The Morgan fingerprint density at radius 1 is 1.16 bits per heavy atom. The van der Waals surface area contributed by atoms with Gasteiger partial charge in [-0.25, -0.2) is 4.39 Å². The Morgan fingerprint density at radius 2 is 2.05 bits per heavy atom. The lowest BCUT2D eigenvalue weighted by Crippen LogP contribution is -2.35. The zero-order valence-electron chi connectivity index (χ0n) is 11.1. The summed E-state index contributed by atoms with van der Waals surface area (Å²) in [6.45, 7) is 2.15. The topological polar surface area (TPSA) is 30.5 Å². The maximum absolute atomic E-state index is 14.5. The summed E-state index contributed by atoms with van der Waals surface area (Å²) >= 11 is 0. The van der Waals surface area contributed by atoms with Gasteiger partial charge in [0, 0.05) is 12.5 Å². The van der Waals surface area contributed by atoms with E-state index in [0.29, 0.717) is 30.8 Å². The van der Waals surface area contributed by atoms with Gasteiger partial charge in [0.2, 0.25) is 0 Å². The minimum Gasteiger partial charge on any atom is -0.489 e. The third kappa shape index (κ3) is 2.84. The Morgan fingerprint density at radius 3 is 2.89 bits per heavy atom. The fourth-order valence-electron chi connectivity index (χ4n) is 2.76. The van der Waals surface area contributed by atoms with Crippen LogP contribution >= 0.6 is 0 Å². The van der Waals surface area contributed by atoms with Crippen molar-refractivity contribution >= 4 is 0 Å². The molecule has 0 radical (unpaired) electrons. The number of hydrogen-bond donors (Lipinski definition) is 1. The molecule has 0 aliphatic carbocycles. The van der Waals surface area contributed by atoms with Crippen LogP contribution in [0.5, 0.6) is 11.5 Å². The molecule has 0 bridgehead atoms. The van der Waals surface area contributed by atoms with Gasteiger partial charge in [0.05, 0.1) is 13.2 Å². The fraction of sp³-hybridized carbons (Fsp3) is 0.600. The van der Waals surface area contributed by atoms with Gasteiger partial charge in [0.1, 0.15) is 0 Å². The molecular weight excluding hydrogens is 245 g/mol. The Hall–Kier alpha value is -1.29. The van der Waals surface area contributed by atoms with Gasteiger partial charge >= 0.3 is 0 Å². The average molecular weight is 265 g/mol. The van der Waals surface area contributed by atoms with Crippen LogP contribution in [0.4, 0.5) is 4.39 Å². The molecule has 0 saturated carbocycles. The van der Waals surface area contributed by atoms with Crippen LogP contribution in [-0.2, 0) is 6.42 Å². The Labute approximate surface area is 113 Å². The highest BCUT2D eigenvalue weighted by Crippen LogP contribution is 2.34. The van der Waals surface area contributed by atoms with Crippen molar-refractivity contribution in [2.24, 2.45) is 0 Å². The lowest BCUT2D eigenvalue weighted by atomic mass is 9.97. The molecule has 2 aliphatic rings. The van der Waals surface area contributed by atoms with Gasteiger partial charge in [-0.05, 0) is 37.4 Å². The second-order valence-electron chi connectivity index (χ2n) is 5.27. The van der Waals surface area contributed by atoms with Crippen LogP contribution in [0.2, 0.25) is 0 Å². The summed E-state index contributed by atoms with van der Waals surface area (Å²) in [5.41, 5.74) is 0.726. The molecule has 1 aromatic carbocycles. The van der Waals surface area contributed by atoms with E-state index in [0.717, 1.165) is 31.4 Å². The van der Waals surface area contributed by atoms with E-state index in [4.69, 9.17) is 9.47 Å². The van der Waals surface area contributed by atoms with Gasteiger partial charge in [0.15, 0.2) is 17.3 Å². The van der Waals surface area contributed by atoms with E-state index in [1.54, 1.807) is 0 Å². The van der Waals surface area contributed by atoms with Crippen molar-refractivity contribution in [3.05, 3.63) is 23.5 Å². The molecule has 0 amide bonds. The highest BCUT2D eigenvalue weighted by Gasteiger charge is 2.21. The molecule has 104 valence electrons. The number of nitrogens with one attached hydrogen (secondary N) is 1. The minimum atomic E-state index is -0.244. The number of hydrogen-bond acceptors (Lipinski definition) is 3. The first-order chi connectivity index (χ1) is 9.34. The summed E-state index contributed by atoms with van der Waals surface area (Å²) < 4.78 is 25.4. The van der Waals surface area contributed by atoms with Crippen molar-refractivity contribution < 1.29 is 13.9 Å². The summed E-state index contributed by atoms with van der Waals surface area (Å²) in [6, 6.07) is 4.05. The predicted molar refractivity (Wildman–Crippen MR) is 71.4 cm³/mol. The van der Waals surface area contributed by atoms with Crippen molar-refractivity contribution in [2.75, 3.05) is 19.8 Å². The van der Waals surface area contributed by atoms with Gasteiger partial charge in [-0.15, -0.1) is 0 Å². The average Bonchev–Trinajstić information content (AvgIpc) is 2.69. The standard InChI is InChI=1S/C15H20FNO2/c16-14-11(10-12-4-1-2-7-17-12)5-6-13-15(14)19-9-3-8-18-13/h5-6,12,17H,1-4,7-10H2. The molecule has 3 nitrogen and oxygen atoms in total. The second kappa shape index (κ2) is 5.78. The molecule has 1 fully saturated rings. The number of benzene rings is 1. The lowest BCUT2D eigenvalue weighted by Gasteiger charge is -2.24. The van der Waals surface area contributed by atoms with Gasteiger partial charge in [-0.3, -0.25) is 0 Å². The lowest BCUT2D eigenvalue weighted by molar-refractivity contribution is 0.291. The summed E-state index contributed by atoms with van der Waals surface area (Å²) in [5.74, 6) is 0.591. The third-order valence-corrected chi connectivity index (χ3v) is 3.81. The van der Waals surface area contributed by atoms with Crippen molar-refractivity contribution in [3.8, 4) is 11.5 Å². The molecule has 0 spiro atoms. The van der Waals surface area contributed by atoms with Crippen LogP contribution < -0.4 is 14.8 Å². The number of fused-ring (bicyclic) bond motifs is 1. The van der Waals surface area contributed by atoms with Crippen LogP contribution in [0.15, 0.2) is 12.1 Å². The van der Waals surface area contributed by atoms with E-state index in [1.807, 2.05) is 12.1 Å². The molecule has 4 heteroatoms. The van der Waals surface area contributed by atoms with Crippen LogP contribution in [-0.4, -0.2) is 25.8 Å². The van der Waals surface area contributed by atoms with Crippen LogP contribution in [0.3, 0.4) is 0 Å². The van der Waals surface area contributed by atoms with E-state index in [-0.39, 0.29) is 5.82 Å². The minimum absolute atomic E-state index is 0.244. The van der Waals surface area contributed by atoms with Crippen molar-refractivity contribution in [2.45, 2.75) is 38.1 Å². The van der Waals surface area contributed by atoms with E-state index >= 15 is 0 Å². The van der Waals surface area contributed by atoms with Crippen molar-refractivity contribution in [1.29, 1.82) is 0 Å². The quantitative estimate of drug-likeness (QED) is 0.891.